The van der Waals surface area contributed by atoms with Crippen LogP contribution < -0.4 is 5.73 Å². The lowest BCUT2D eigenvalue weighted by Gasteiger charge is -2.33. The zero-order valence-electron chi connectivity index (χ0n) is 5.35. The zero-order chi connectivity index (χ0) is 5.98. The molecule has 1 aliphatic carbocycles. The summed E-state index contributed by atoms with van der Waals surface area (Å²) >= 11 is 0. The van der Waals surface area contributed by atoms with E-state index in [1.807, 2.05) is 0 Å². The predicted molar refractivity (Wildman–Crippen MR) is 38.5 cm³/mol. The SMILES string of the molecule is Cl.NC[C@@H]1CC[C@H]1CF. The Balaban J connectivity index is 0.000000640. The monoisotopic (exact) mass is 153 g/mol. The van der Waals surface area contributed by atoms with Crippen molar-refractivity contribution in [3.63, 3.8) is 0 Å². The fraction of sp³-hybridized carbons (Fsp3) is 1.00. The van der Waals surface area contributed by atoms with Crippen LogP contribution in [0.4, 0.5) is 4.39 Å². The van der Waals surface area contributed by atoms with E-state index in [9.17, 15) is 4.39 Å². The normalized spacial score (nSPS) is 32.7. The summed E-state index contributed by atoms with van der Waals surface area (Å²) in [7, 11) is 0. The summed E-state index contributed by atoms with van der Waals surface area (Å²) in [5.41, 5.74) is 5.33. The van der Waals surface area contributed by atoms with Crippen molar-refractivity contribution in [2.45, 2.75) is 12.8 Å². The average molecular weight is 154 g/mol. The highest BCUT2D eigenvalue weighted by molar-refractivity contribution is 5.85. The number of hydrogen-bond donors (Lipinski definition) is 1. The van der Waals surface area contributed by atoms with Crippen LogP contribution in [0.1, 0.15) is 12.8 Å². The Labute approximate surface area is 61.2 Å². The van der Waals surface area contributed by atoms with Gasteiger partial charge in [0.1, 0.15) is 0 Å². The highest BCUT2D eigenvalue weighted by Gasteiger charge is 2.28. The molecule has 0 aromatic heterocycles. The van der Waals surface area contributed by atoms with Gasteiger partial charge in [-0.25, -0.2) is 0 Å². The van der Waals surface area contributed by atoms with Crippen molar-refractivity contribution in [3.8, 4) is 0 Å². The van der Waals surface area contributed by atoms with Crippen LogP contribution in [0.15, 0.2) is 0 Å². The molecule has 56 valence electrons. The fourth-order valence-corrected chi connectivity index (χ4v) is 1.15. The van der Waals surface area contributed by atoms with Crippen molar-refractivity contribution in [2.24, 2.45) is 17.6 Å². The third kappa shape index (κ3) is 1.80. The van der Waals surface area contributed by atoms with E-state index < -0.39 is 0 Å². The molecule has 0 heterocycles. The first-order chi connectivity index (χ1) is 3.88. The van der Waals surface area contributed by atoms with Crippen LogP contribution in [-0.2, 0) is 0 Å². The lowest BCUT2D eigenvalue weighted by molar-refractivity contribution is 0.144. The van der Waals surface area contributed by atoms with E-state index in [0.717, 1.165) is 12.8 Å². The molecule has 9 heavy (non-hydrogen) atoms. The van der Waals surface area contributed by atoms with Gasteiger partial charge in [-0.05, 0) is 31.2 Å². The summed E-state index contributed by atoms with van der Waals surface area (Å²) in [5, 5.41) is 0. The highest BCUT2D eigenvalue weighted by Crippen LogP contribution is 2.33. The lowest BCUT2D eigenvalue weighted by Crippen LogP contribution is -2.33. The number of halogens is 2. The quantitative estimate of drug-likeness (QED) is 0.637. The number of alkyl halides is 1. The van der Waals surface area contributed by atoms with E-state index in [4.69, 9.17) is 5.73 Å². The Morgan fingerprint density at radius 2 is 1.89 bits per heavy atom. The van der Waals surface area contributed by atoms with E-state index in [2.05, 4.69) is 0 Å². The second kappa shape index (κ2) is 4.07. The summed E-state index contributed by atoms with van der Waals surface area (Å²) in [6.07, 6.45) is 2.20. The van der Waals surface area contributed by atoms with Crippen molar-refractivity contribution in [3.05, 3.63) is 0 Å². The minimum atomic E-state index is -0.165. The van der Waals surface area contributed by atoms with Crippen LogP contribution in [0.5, 0.6) is 0 Å². The molecule has 0 aromatic rings. The third-order valence-corrected chi connectivity index (χ3v) is 2.08. The van der Waals surface area contributed by atoms with Crippen LogP contribution in [-0.4, -0.2) is 13.2 Å². The van der Waals surface area contributed by atoms with E-state index in [0.29, 0.717) is 18.4 Å². The second-order valence-electron chi connectivity index (χ2n) is 2.49. The molecule has 0 amide bonds. The van der Waals surface area contributed by atoms with Crippen LogP contribution >= 0.6 is 12.4 Å². The number of rotatable bonds is 2. The molecule has 1 aliphatic rings. The Bertz CT molecular complexity index is 65.5. The van der Waals surface area contributed by atoms with Gasteiger partial charge >= 0.3 is 0 Å². The van der Waals surface area contributed by atoms with Crippen LogP contribution in [0.25, 0.3) is 0 Å². The minimum Gasteiger partial charge on any atom is -0.330 e. The summed E-state index contributed by atoms with van der Waals surface area (Å²) in [6, 6.07) is 0. The Morgan fingerprint density at radius 3 is 2.00 bits per heavy atom. The van der Waals surface area contributed by atoms with Gasteiger partial charge in [-0.2, -0.15) is 0 Å². The molecule has 0 aromatic carbocycles. The standard InChI is InChI=1S/C6H12FN.ClH/c7-3-5-1-2-6(5)4-8;/h5-6H,1-4,8H2;1H/t5-,6-;/m0./s1. The molecule has 0 bridgehead atoms. The van der Waals surface area contributed by atoms with Gasteiger partial charge in [-0.1, -0.05) is 0 Å². The van der Waals surface area contributed by atoms with Gasteiger partial charge in [0.15, 0.2) is 0 Å². The summed E-state index contributed by atoms with van der Waals surface area (Å²) in [6.45, 7) is 0.510. The Kier molecular flexibility index (Phi) is 4.15. The molecule has 0 radical (unpaired) electrons. The van der Waals surface area contributed by atoms with Crippen molar-refractivity contribution >= 4 is 12.4 Å². The van der Waals surface area contributed by atoms with Crippen LogP contribution in [0, 0.1) is 11.8 Å². The molecule has 1 rings (SSSR count). The van der Waals surface area contributed by atoms with Gasteiger partial charge in [-0.15, -0.1) is 12.4 Å². The first-order valence-corrected chi connectivity index (χ1v) is 3.14. The van der Waals surface area contributed by atoms with E-state index in [1.54, 1.807) is 0 Å². The lowest BCUT2D eigenvalue weighted by atomic mass is 9.75. The number of nitrogens with two attached hydrogens (primary N) is 1. The molecule has 0 spiro atoms. The van der Waals surface area contributed by atoms with Crippen LogP contribution in [0.3, 0.4) is 0 Å². The topological polar surface area (TPSA) is 26.0 Å². The Morgan fingerprint density at radius 1 is 1.33 bits per heavy atom. The summed E-state index contributed by atoms with van der Waals surface area (Å²) < 4.78 is 11.8. The molecule has 3 heteroatoms. The molecule has 1 nitrogen and oxygen atoms in total. The van der Waals surface area contributed by atoms with Gasteiger partial charge in [0, 0.05) is 0 Å². The molecule has 1 saturated carbocycles. The molecule has 2 N–H and O–H groups in total. The summed E-state index contributed by atoms with van der Waals surface area (Å²) in [4.78, 5) is 0. The third-order valence-electron chi connectivity index (χ3n) is 2.08. The molecule has 0 saturated heterocycles. The molecule has 2 atom stereocenters. The van der Waals surface area contributed by atoms with Gasteiger partial charge in [0.05, 0.1) is 6.67 Å². The van der Waals surface area contributed by atoms with E-state index in [1.165, 1.54) is 0 Å². The maximum absolute atomic E-state index is 11.8. The smallest absolute Gasteiger partial charge is 0.0925 e. The molecular formula is C6H13ClFN. The van der Waals surface area contributed by atoms with Crippen molar-refractivity contribution in [1.29, 1.82) is 0 Å². The van der Waals surface area contributed by atoms with Crippen molar-refractivity contribution in [2.75, 3.05) is 13.2 Å². The molecule has 0 unspecified atom stereocenters. The van der Waals surface area contributed by atoms with Gasteiger partial charge < -0.3 is 5.73 Å². The number of hydrogen-bond acceptors (Lipinski definition) is 1. The van der Waals surface area contributed by atoms with Gasteiger partial charge in [-0.3, -0.25) is 4.39 Å². The average Bonchev–Trinajstić information content (AvgIpc) is 1.66. The summed E-state index contributed by atoms with van der Waals surface area (Å²) in [5.74, 6) is 0.806. The predicted octanol–water partition coefficient (Wildman–Crippen LogP) is 1.36. The van der Waals surface area contributed by atoms with E-state index >= 15 is 0 Å². The highest BCUT2D eigenvalue weighted by atomic mass is 35.5. The maximum atomic E-state index is 11.8. The molecule has 0 aliphatic heterocycles. The minimum absolute atomic E-state index is 0. The molecular weight excluding hydrogens is 141 g/mol. The Hall–Kier alpha value is 0.180. The van der Waals surface area contributed by atoms with Crippen molar-refractivity contribution in [1.82, 2.24) is 0 Å². The largest absolute Gasteiger partial charge is 0.330 e. The van der Waals surface area contributed by atoms with Crippen LogP contribution in [0.2, 0.25) is 0 Å². The maximum Gasteiger partial charge on any atom is 0.0925 e. The second-order valence-corrected chi connectivity index (χ2v) is 2.49. The fourth-order valence-electron chi connectivity index (χ4n) is 1.15. The van der Waals surface area contributed by atoms with Crippen molar-refractivity contribution < 1.29 is 4.39 Å². The van der Waals surface area contributed by atoms with Gasteiger partial charge in [0.25, 0.3) is 0 Å². The zero-order valence-corrected chi connectivity index (χ0v) is 6.16. The first kappa shape index (κ1) is 9.18. The van der Waals surface area contributed by atoms with Gasteiger partial charge in [0.2, 0.25) is 0 Å². The first-order valence-electron chi connectivity index (χ1n) is 3.14. The molecule has 1 fully saturated rings. The van der Waals surface area contributed by atoms with E-state index in [-0.39, 0.29) is 19.1 Å².